The van der Waals surface area contributed by atoms with Gasteiger partial charge in [-0.2, -0.15) is 0 Å². The monoisotopic (exact) mass is 189 g/mol. The number of nitrogens with one attached hydrogen (secondary N) is 1. The predicted molar refractivity (Wildman–Crippen MR) is 51.4 cm³/mol. The summed E-state index contributed by atoms with van der Waals surface area (Å²) in [4.78, 5) is 20.6. The summed E-state index contributed by atoms with van der Waals surface area (Å²) < 4.78 is 0. The molecule has 4 heteroatoms. The van der Waals surface area contributed by atoms with Gasteiger partial charge in [0.2, 0.25) is 5.91 Å². The van der Waals surface area contributed by atoms with Crippen molar-refractivity contribution in [3.8, 4) is 0 Å². The lowest BCUT2D eigenvalue weighted by Gasteiger charge is -2.03. The first kappa shape index (κ1) is 14.5. The highest BCUT2D eigenvalue weighted by atomic mass is 16.4. The van der Waals surface area contributed by atoms with E-state index in [4.69, 9.17) is 5.11 Å². The molecule has 1 amide bonds. The lowest BCUT2D eigenvalue weighted by Crippen LogP contribution is -2.32. The number of carbonyl (C=O) groups excluding carboxylic acids is 1. The minimum atomic E-state index is -1.02. The van der Waals surface area contributed by atoms with Crippen LogP contribution in [0.1, 0.15) is 34.1 Å². The summed E-state index contributed by atoms with van der Waals surface area (Å²) in [6.45, 7) is 7.37. The van der Waals surface area contributed by atoms with E-state index in [0.29, 0.717) is 0 Å². The fraction of sp³-hybridized carbons (Fsp3) is 0.778. The first-order valence-corrected chi connectivity index (χ1v) is 4.45. The Kier molecular flexibility index (Phi) is 10.0. The van der Waals surface area contributed by atoms with Crippen LogP contribution >= 0.6 is 0 Å². The number of rotatable bonds is 3. The van der Waals surface area contributed by atoms with Crippen LogP contribution in [0.5, 0.6) is 0 Å². The van der Waals surface area contributed by atoms with Crippen LogP contribution < -0.4 is 5.32 Å². The van der Waals surface area contributed by atoms with Crippen LogP contribution in [0.4, 0.5) is 0 Å². The van der Waals surface area contributed by atoms with Crippen molar-refractivity contribution in [3.05, 3.63) is 0 Å². The fourth-order valence-corrected chi connectivity index (χ4v) is 0.367. The first-order valence-electron chi connectivity index (χ1n) is 4.45. The molecule has 0 aromatic carbocycles. The largest absolute Gasteiger partial charge is 0.480 e. The van der Waals surface area contributed by atoms with Crippen molar-refractivity contribution in [2.45, 2.75) is 34.1 Å². The predicted octanol–water partition coefficient (Wildman–Crippen LogP) is 1.26. The highest BCUT2D eigenvalue weighted by molar-refractivity contribution is 5.82. The molecule has 0 unspecified atom stereocenters. The average Bonchev–Trinajstić information content (AvgIpc) is 2.01. The lowest BCUT2D eigenvalue weighted by atomic mass is 10.2. The molecule has 0 rings (SSSR count). The molecule has 0 fully saturated rings. The molecule has 0 aliphatic carbocycles. The molecule has 2 N–H and O–H groups in total. The van der Waals surface area contributed by atoms with Gasteiger partial charge in [0.25, 0.3) is 0 Å². The Morgan fingerprint density at radius 1 is 1.31 bits per heavy atom. The second-order valence-electron chi connectivity index (χ2n) is 2.97. The number of hydrogen-bond donors (Lipinski definition) is 2. The smallest absolute Gasteiger partial charge is 0.322 e. The number of carboxylic acids is 1. The number of carboxylic acid groups (broad SMARTS) is 1. The maximum atomic E-state index is 10.7. The van der Waals surface area contributed by atoms with Gasteiger partial charge < -0.3 is 10.4 Å². The number of carbonyl (C=O) groups is 2. The molecular weight excluding hydrogens is 170 g/mol. The van der Waals surface area contributed by atoms with Gasteiger partial charge in [-0.05, 0) is 0 Å². The first-order chi connectivity index (χ1) is 5.95. The maximum Gasteiger partial charge on any atom is 0.322 e. The average molecular weight is 189 g/mol. The molecule has 4 nitrogen and oxygen atoms in total. The van der Waals surface area contributed by atoms with Crippen LogP contribution in [0, 0.1) is 5.92 Å². The van der Waals surface area contributed by atoms with E-state index in [1.165, 1.54) is 6.42 Å². The van der Waals surface area contributed by atoms with Crippen LogP contribution in [-0.4, -0.2) is 23.5 Å². The van der Waals surface area contributed by atoms with Crippen molar-refractivity contribution < 1.29 is 14.7 Å². The van der Waals surface area contributed by atoms with Gasteiger partial charge in [0, 0.05) is 5.92 Å². The molecular formula is C9H19NO3. The number of hydrogen-bond acceptors (Lipinski definition) is 2. The van der Waals surface area contributed by atoms with Gasteiger partial charge in [0.05, 0.1) is 0 Å². The van der Waals surface area contributed by atoms with Crippen LogP contribution in [0.25, 0.3) is 0 Å². The van der Waals surface area contributed by atoms with Gasteiger partial charge >= 0.3 is 5.97 Å². The molecule has 78 valence electrons. The van der Waals surface area contributed by atoms with Crippen LogP contribution in [-0.2, 0) is 9.59 Å². The van der Waals surface area contributed by atoms with Gasteiger partial charge in [-0.3, -0.25) is 9.59 Å². The molecule has 0 aromatic heterocycles. The van der Waals surface area contributed by atoms with Crippen LogP contribution in [0.15, 0.2) is 0 Å². The summed E-state index contributed by atoms with van der Waals surface area (Å²) in [6.07, 6.45) is 1.25. The second-order valence-corrected chi connectivity index (χ2v) is 2.97. The van der Waals surface area contributed by atoms with Crippen molar-refractivity contribution in [3.63, 3.8) is 0 Å². The van der Waals surface area contributed by atoms with E-state index in [1.807, 2.05) is 0 Å². The maximum absolute atomic E-state index is 10.7. The highest BCUT2D eigenvalue weighted by Gasteiger charge is 2.06. The van der Waals surface area contributed by atoms with E-state index >= 15 is 0 Å². The zero-order valence-electron chi connectivity index (χ0n) is 8.76. The van der Waals surface area contributed by atoms with Crippen molar-refractivity contribution >= 4 is 11.9 Å². The Bertz CT molecular complexity index is 155. The summed E-state index contributed by atoms with van der Waals surface area (Å²) in [5.41, 5.74) is 0. The highest BCUT2D eigenvalue weighted by Crippen LogP contribution is 1.88. The third kappa shape index (κ3) is 13.9. The van der Waals surface area contributed by atoms with Crippen molar-refractivity contribution in [2.24, 2.45) is 5.92 Å². The Morgan fingerprint density at radius 2 is 1.69 bits per heavy atom. The second kappa shape index (κ2) is 9.03. The van der Waals surface area contributed by atoms with E-state index in [2.05, 4.69) is 19.2 Å². The Morgan fingerprint density at radius 3 is 1.92 bits per heavy atom. The van der Waals surface area contributed by atoms with E-state index < -0.39 is 5.97 Å². The molecule has 0 saturated heterocycles. The Labute approximate surface area is 79.3 Å². The van der Waals surface area contributed by atoms with Gasteiger partial charge in [0.1, 0.15) is 6.54 Å². The van der Waals surface area contributed by atoms with E-state index in [9.17, 15) is 9.59 Å². The van der Waals surface area contributed by atoms with E-state index in [1.54, 1.807) is 13.8 Å². The third-order valence-corrected chi connectivity index (χ3v) is 0.938. The van der Waals surface area contributed by atoms with E-state index in [0.717, 1.165) is 0 Å². The number of amides is 1. The van der Waals surface area contributed by atoms with Crippen LogP contribution in [0.2, 0.25) is 0 Å². The third-order valence-electron chi connectivity index (χ3n) is 0.938. The molecule has 0 spiro atoms. The molecule has 0 aliphatic heterocycles. The van der Waals surface area contributed by atoms with Crippen molar-refractivity contribution in [2.75, 3.05) is 6.54 Å². The number of aliphatic carboxylic acids is 1. The molecule has 0 radical (unpaired) electrons. The van der Waals surface area contributed by atoms with Gasteiger partial charge in [0.15, 0.2) is 0 Å². The summed E-state index contributed by atoms with van der Waals surface area (Å²) in [5, 5.41) is 10.4. The molecule has 0 saturated carbocycles. The summed E-state index contributed by atoms with van der Waals surface area (Å²) in [7, 11) is 0. The summed E-state index contributed by atoms with van der Waals surface area (Å²) in [6, 6.07) is 0. The van der Waals surface area contributed by atoms with Crippen molar-refractivity contribution in [1.29, 1.82) is 0 Å². The molecule has 0 aliphatic rings. The Hall–Kier alpha value is -1.06. The molecule has 0 heterocycles. The minimum Gasteiger partial charge on any atom is -0.480 e. The molecule has 13 heavy (non-hydrogen) atoms. The SMILES string of the molecule is CC(C)C(=O)NCC(=O)O.CCC. The zero-order valence-corrected chi connectivity index (χ0v) is 8.76. The molecule has 0 aromatic rings. The lowest BCUT2D eigenvalue weighted by molar-refractivity contribution is -0.138. The van der Waals surface area contributed by atoms with Gasteiger partial charge in [-0.25, -0.2) is 0 Å². The summed E-state index contributed by atoms with van der Waals surface area (Å²) >= 11 is 0. The quantitative estimate of drug-likeness (QED) is 0.702. The van der Waals surface area contributed by atoms with Crippen molar-refractivity contribution in [1.82, 2.24) is 5.32 Å². The van der Waals surface area contributed by atoms with Crippen LogP contribution in [0.3, 0.4) is 0 Å². The standard InChI is InChI=1S/C6H11NO3.C3H8/c1-4(2)6(10)7-3-5(8)9;1-3-2/h4H,3H2,1-2H3,(H,7,10)(H,8,9);3H2,1-2H3. The zero-order chi connectivity index (χ0) is 10.9. The normalized spacial score (nSPS) is 8.69. The summed E-state index contributed by atoms with van der Waals surface area (Å²) in [5.74, 6) is -1.41. The Balaban J connectivity index is 0. The fourth-order valence-electron chi connectivity index (χ4n) is 0.367. The molecule has 0 bridgehead atoms. The van der Waals surface area contributed by atoms with Gasteiger partial charge in [-0.15, -0.1) is 0 Å². The molecule has 0 atom stereocenters. The topological polar surface area (TPSA) is 66.4 Å². The minimum absolute atomic E-state index is 0.153. The van der Waals surface area contributed by atoms with E-state index in [-0.39, 0.29) is 18.4 Å². The van der Waals surface area contributed by atoms with Gasteiger partial charge in [-0.1, -0.05) is 34.1 Å².